The van der Waals surface area contributed by atoms with E-state index in [1.54, 1.807) is 18.4 Å². The summed E-state index contributed by atoms with van der Waals surface area (Å²) in [6.07, 6.45) is 1.51. The van der Waals surface area contributed by atoms with E-state index >= 15 is 0 Å². The minimum atomic E-state index is -0.399. The van der Waals surface area contributed by atoms with Crippen LogP contribution < -0.4 is 21.1 Å². The zero-order valence-corrected chi connectivity index (χ0v) is 17.3. The number of carbonyl (C=O) groups excluding carboxylic acids is 1. The smallest absolute Gasteiger partial charge is 0.231 e. The number of aromatic nitrogens is 3. The number of anilines is 1. The second-order valence-corrected chi connectivity index (χ2v) is 7.79. The van der Waals surface area contributed by atoms with E-state index in [2.05, 4.69) is 45.8 Å². The summed E-state index contributed by atoms with van der Waals surface area (Å²) in [6.45, 7) is 2.62. The molecule has 0 unspecified atom stereocenters. The molecule has 4 aromatic rings. The maximum atomic E-state index is 11.1. The summed E-state index contributed by atoms with van der Waals surface area (Å²) in [5.41, 5.74) is 9.20. The van der Waals surface area contributed by atoms with Gasteiger partial charge in [0.05, 0.1) is 24.0 Å². The van der Waals surface area contributed by atoms with E-state index in [1.165, 1.54) is 6.33 Å². The van der Waals surface area contributed by atoms with Crippen LogP contribution in [-0.2, 0) is 11.3 Å². The fourth-order valence-electron chi connectivity index (χ4n) is 3.47. The van der Waals surface area contributed by atoms with Crippen LogP contribution in [-0.4, -0.2) is 41.2 Å². The van der Waals surface area contributed by atoms with Gasteiger partial charge >= 0.3 is 0 Å². The monoisotopic (exact) mass is 410 g/mol. The van der Waals surface area contributed by atoms with Crippen molar-refractivity contribution in [1.29, 1.82) is 0 Å². The first-order valence-corrected chi connectivity index (χ1v) is 9.94. The Morgan fingerprint density at radius 2 is 2.14 bits per heavy atom. The Balaban J connectivity index is 1.89. The molecule has 3 aromatic heterocycles. The molecular weight excluding hydrogens is 388 g/mol. The maximum absolute atomic E-state index is 11.1. The molecule has 0 aliphatic rings. The van der Waals surface area contributed by atoms with Gasteiger partial charge in [0.1, 0.15) is 17.6 Å². The van der Waals surface area contributed by atoms with Crippen molar-refractivity contribution in [2.45, 2.75) is 13.5 Å². The molecule has 8 nitrogen and oxygen atoms in total. The fraction of sp³-hybridized carbons (Fsp3) is 0.250. The highest BCUT2D eigenvalue weighted by Crippen LogP contribution is 2.42. The number of fused-ring (bicyclic) bond motifs is 2. The maximum Gasteiger partial charge on any atom is 0.231 e. The summed E-state index contributed by atoms with van der Waals surface area (Å²) in [7, 11) is 3.53. The van der Waals surface area contributed by atoms with Crippen molar-refractivity contribution in [3.8, 4) is 16.2 Å². The minimum Gasteiger partial charge on any atom is -0.495 e. The van der Waals surface area contributed by atoms with Gasteiger partial charge in [-0.05, 0) is 36.1 Å². The van der Waals surface area contributed by atoms with Gasteiger partial charge in [-0.15, -0.1) is 11.3 Å². The third-order valence-electron chi connectivity index (χ3n) is 4.68. The van der Waals surface area contributed by atoms with Gasteiger partial charge in [0, 0.05) is 24.0 Å². The predicted molar refractivity (Wildman–Crippen MR) is 116 cm³/mol. The Labute approximate surface area is 171 Å². The first kappa shape index (κ1) is 19.2. The van der Waals surface area contributed by atoms with E-state index in [0.29, 0.717) is 6.54 Å². The van der Waals surface area contributed by atoms with Crippen LogP contribution in [0.5, 0.6) is 5.75 Å². The lowest BCUT2D eigenvalue weighted by molar-refractivity contribution is -0.117. The zero-order valence-electron chi connectivity index (χ0n) is 16.4. The van der Waals surface area contributed by atoms with Crippen molar-refractivity contribution in [2.75, 3.05) is 26.0 Å². The van der Waals surface area contributed by atoms with E-state index in [1.807, 2.05) is 17.6 Å². The van der Waals surface area contributed by atoms with Crippen LogP contribution in [0.3, 0.4) is 0 Å². The van der Waals surface area contributed by atoms with Crippen molar-refractivity contribution in [3.05, 3.63) is 41.9 Å². The van der Waals surface area contributed by atoms with E-state index in [0.717, 1.165) is 48.9 Å². The van der Waals surface area contributed by atoms with Gasteiger partial charge in [0.2, 0.25) is 5.91 Å². The number of nitrogens with two attached hydrogens (primary N) is 1. The SMILES string of the molecule is CNc1ncnn2c(CNCC(N)=O)cc(-c3cc4cc(C)cc(OC)c4s3)c12. The van der Waals surface area contributed by atoms with Gasteiger partial charge in [-0.25, -0.2) is 9.50 Å². The van der Waals surface area contributed by atoms with E-state index < -0.39 is 5.91 Å². The molecule has 0 saturated carbocycles. The molecule has 9 heteroatoms. The van der Waals surface area contributed by atoms with Crippen LogP contribution in [0.2, 0.25) is 0 Å². The molecule has 29 heavy (non-hydrogen) atoms. The lowest BCUT2D eigenvalue weighted by Crippen LogP contribution is -2.28. The summed E-state index contributed by atoms with van der Waals surface area (Å²) >= 11 is 1.67. The Kier molecular flexibility index (Phi) is 5.08. The topological polar surface area (TPSA) is 107 Å². The van der Waals surface area contributed by atoms with Crippen LogP contribution >= 0.6 is 11.3 Å². The first-order chi connectivity index (χ1) is 14.0. The number of hydrogen-bond acceptors (Lipinski definition) is 7. The number of nitrogens with zero attached hydrogens (tertiary/aromatic N) is 3. The molecule has 4 rings (SSSR count). The van der Waals surface area contributed by atoms with Crippen LogP contribution in [0.25, 0.3) is 26.0 Å². The standard InChI is InChI=1S/C20H22N6O2S/c1-11-4-12-6-16(29-19(12)15(5-11)28-3)14-7-13(8-23-9-17(21)27)26-18(14)20(22-2)24-10-25-26/h4-7,10,23H,8-9H2,1-3H3,(H2,21,27)(H,22,24,25). The summed E-state index contributed by atoms with van der Waals surface area (Å²) in [6, 6.07) is 8.43. The molecule has 150 valence electrons. The van der Waals surface area contributed by atoms with E-state index in [4.69, 9.17) is 10.5 Å². The Hall–Kier alpha value is -3.17. The number of benzene rings is 1. The van der Waals surface area contributed by atoms with Crippen LogP contribution in [0.15, 0.2) is 30.6 Å². The molecule has 0 saturated heterocycles. The zero-order chi connectivity index (χ0) is 20.5. The lowest BCUT2D eigenvalue weighted by Gasteiger charge is -2.06. The number of primary amides is 1. The van der Waals surface area contributed by atoms with Crippen LogP contribution in [0, 0.1) is 6.92 Å². The van der Waals surface area contributed by atoms with Gasteiger partial charge in [0.25, 0.3) is 0 Å². The molecule has 0 radical (unpaired) electrons. The normalized spacial score (nSPS) is 11.3. The fourth-order valence-corrected chi connectivity index (χ4v) is 4.62. The molecule has 1 aromatic carbocycles. The Morgan fingerprint density at radius 1 is 1.31 bits per heavy atom. The summed E-state index contributed by atoms with van der Waals surface area (Å²) < 4.78 is 8.53. The number of thiophene rings is 1. The van der Waals surface area contributed by atoms with E-state index in [-0.39, 0.29) is 6.54 Å². The van der Waals surface area contributed by atoms with Crippen molar-refractivity contribution < 1.29 is 9.53 Å². The highest BCUT2D eigenvalue weighted by atomic mass is 32.1. The minimum absolute atomic E-state index is 0.103. The number of amides is 1. The molecular formula is C20H22N6O2S. The number of carbonyl (C=O) groups is 1. The molecule has 0 spiro atoms. The number of hydrogen-bond donors (Lipinski definition) is 3. The van der Waals surface area contributed by atoms with E-state index in [9.17, 15) is 4.79 Å². The Morgan fingerprint density at radius 3 is 2.86 bits per heavy atom. The van der Waals surface area contributed by atoms with Crippen LogP contribution in [0.1, 0.15) is 11.3 Å². The highest BCUT2D eigenvalue weighted by molar-refractivity contribution is 7.22. The first-order valence-electron chi connectivity index (χ1n) is 9.12. The van der Waals surface area contributed by atoms with Gasteiger partial charge in [-0.2, -0.15) is 5.10 Å². The third kappa shape index (κ3) is 3.50. The predicted octanol–water partition coefficient (Wildman–Crippen LogP) is 2.54. The number of ether oxygens (including phenoxy) is 1. The van der Waals surface area contributed by atoms with Gasteiger partial charge in [-0.1, -0.05) is 6.07 Å². The second-order valence-electron chi connectivity index (χ2n) is 6.73. The number of rotatable bonds is 7. The van der Waals surface area contributed by atoms with Gasteiger partial charge in [-0.3, -0.25) is 4.79 Å². The third-order valence-corrected chi connectivity index (χ3v) is 5.88. The average Bonchev–Trinajstić information content (AvgIpc) is 3.28. The van der Waals surface area contributed by atoms with Gasteiger partial charge in [0.15, 0.2) is 5.82 Å². The Bertz CT molecular complexity index is 1210. The summed E-state index contributed by atoms with van der Waals surface area (Å²) in [5, 5.41) is 11.8. The summed E-state index contributed by atoms with van der Waals surface area (Å²) in [5.74, 6) is 1.20. The second kappa shape index (κ2) is 7.69. The van der Waals surface area contributed by atoms with Crippen molar-refractivity contribution >= 4 is 38.7 Å². The average molecular weight is 411 g/mol. The van der Waals surface area contributed by atoms with Crippen LogP contribution in [0.4, 0.5) is 5.82 Å². The summed E-state index contributed by atoms with van der Waals surface area (Å²) in [4.78, 5) is 16.5. The van der Waals surface area contributed by atoms with Crippen molar-refractivity contribution in [1.82, 2.24) is 19.9 Å². The van der Waals surface area contributed by atoms with Crippen molar-refractivity contribution in [2.24, 2.45) is 5.73 Å². The molecule has 0 fully saturated rings. The molecule has 4 N–H and O–H groups in total. The number of aryl methyl sites for hydroxylation is 1. The molecule has 0 bridgehead atoms. The largest absolute Gasteiger partial charge is 0.495 e. The molecule has 0 atom stereocenters. The number of nitrogens with one attached hydrogen (secondary N) is 2. The quantitative estimate of drug-likeness (QED) is 0.432. The molecule has 1 amide bonds. The molecule has 0 aliphatic carbocycles. The molecule has 0 aliphatic heterocycles. The number of methoxy groups -OCH3 is 1. The van der Waals surface area contributed by atoms with Crippen molar-refractivity contribution in [3.63, 3.8) is 0 Å². The lowest BCUT2D eigenvalue weighted by atomic mass is 10.1. The highest BCUT2D eigenvalue weighted by Gasteiger charge is 2.19. The molecule has 3 heterocycles. The van der Waals surface area contributed by atoms with Gasteiger partial charge < -0.3 is 21.1 Å².